The quantitative estimate of drug-likeness (QED) is 0.640. The minimum absolute atomic E-state index is 0.0657. The second-order valence-electron chi connectivity index (χ2n) is 5.49. The molecule has 0 aliphatic carbocycles. The molecule has 4 unspecified atom stereocenters. The lowest BCUT2D eigenvalue weighted by atomic mass is 10.2. The van der Waals surface area contributed by atoms with Crippen molar-refractivity contribution in [3.05, 3.63) is 0 Å². The number of ether oxygens (including phenoxy) is 2. The van der Waals surface area contributed by atoms with Crippen molar-refractivity contribution in [3.63, 3.8) is 0 Å². The molecule has 8 nitrogen and oxygen atoms in total. The molecule has 21 heavy (non-hydrogen) atoms. The summed E-state index contributed by atoms with van der Waals surface area (Å²) in [5, 5.41) is 20.7. The van der Waals surface area contributed by atoms with Crippen molar-refractivity contribution in [2.24, 2.45) is 0 Å². The molecule has 0 radical (unpaired) electrons. The zero-order valence-corrected chi connectivity index (χ0v) is 12.0. The Bertz CT molecular complexity index is 391. The molecule has 2 aliphatic heterocycles. The summed E-state index contributed by atoms with van der Waals surface area (Å²) in [6.45, 7) is 2.77. The molecule has 0 bridgehead atoms. The van der Waals surface area contributed by atoms with Gasteiger partial charge in [0.15, 0.2) is 6.10 Å². The van der Waals surface area contributed by atoms with Crippen molar-refractivity contribution in [1.29, 1.82) is 0 Å². The standard InChI is InChI=1S/C13H22N2O6/c1-8-7-20-10(6-16)5-15(8)13(19)14-4-9-2-3-11(21-9)12(17)18/h8-11,16H,2-7H2,1H3,(H,14,19)(H,17,18). The van der Waals surface area contributed by atoms with E-state index in [1.807, 2.05) is 6.92 Å². The lowest BCUT2D eigenvalue weighted by Crippen LogP contribution is -2.55. The molecule has 2 aliphatic rings. The molecule has 4 atom stereocenters. The molecule has 0 aromatic carbocycles. The highest BCUT2D eigenvalue weighted by atomic mass is 16.5. The van der Waals surface area contributed by atoms with E-state index < -0.39 is 12.1 Å². The highest BCUT2D eigenvalue weighted by Gasteiger charge is 2.32. The molecule has 2 fully saturated rings. The molecular weight excluding hydrogens is 280 g/mol. The van der Waals surface area contributed by atoms with E-state index in [9.17, 15) is 9.59 Å². The number of nitrogens with zero attached hydrogens (tertiary/aromatic N) is 1. The Morgan fingerprint density at radius 2 is 2.10 bits per heavy atom. The second kappa shape index (κ2) is 7.06. The Hall–Kier alpha value is -1.38. The third-order valence-corrected chi connectivity index (χ3v) is 3.83. The zero-order valence-electron chi connectivity index (χ0n) is 12.0. The number of aliphatic carboxylic acids is 1. The van der Waals surface area contributed by atoms with Crippen molar-refractivity contribution < 1.29 is 29.3 Å². The van der Waals surface area contributed by atoms with E-state index in [1.54, 1.807) is 4.90 Å². The number of carboxylic acids is 1. The Kier molecular flexibility index (Phi) is 5.38. The Morgan fingerprint density at radius 1 is 1.33 bits per heavy atom. The van der Waals surface area contributed by atoms with Crippen molar-refractivity contribution in [1.82, 2.24) is 10.2 Å². The third-order valence-electron chi connectivity index (χ3n) is 3.83. The van der Waals surface area contributed by atoms with Crippen LogP contribution < -0.4 is 5.32 Å². The second-order valence-corrected chi connectivity index (χ2v) is 5.49. The van der Waals surface area contributed by atoms with Crippen LogP contribution in [0.4, 0.5) is 4.79 Å². The van der Waals surface area contributed by atoms with Gasteiger partial charge in [-0.15, -0.1) is 0 Å². The van der Waals surface area contributed by atoms with Gasteiger partial charge < -0.3 is 29.9 Å². The molecule has 0 spiro atoms. The third kappa shape index (κ3) is 4.05. The number of urea groups is 1. The minimum atomic E-state index is -0.962. The fourth-order valence-corrected chi connectivity index (χ4v) is 2.55. The molecule has 3 N–H and O–H groups in total. The predicted molar refractivity (Wildman–Crippen MR) is 71.9 cm³/mol. The average molecular weight is 302 g/mol. The number of hydrogen-bond acceptors (Lipinski definition) is 5. The number of morpholine rings is 1. The summed E-state index contributed by atoms with van der Waals surface area (Å²) in [7, 11) is 0. The van der Waals surface area contributed by atoms with E-state index in [4.69, 9.17) is 19.7 Å². The number of carbonyl (C=O) groups excluding carboxylic acids is 1. The van der Waals surface area contributed by atoms with Crippen LogP contribution in [0.3, 0.4) is 0 Å². The van der Waals surface area contributed by atoms with Crippen LogP contribution >= 0.6 is 0 Å². The number of carbonyl (C=O) groups is 2. The lowest BCUT2D eigenvalue weighted by Gasteiger charge is -2.37. The van der Waals surface area contributed by atoms with Gasteiger partial charge in [0.25, 0.3) is 0 Å². The summed E-state index contributed by atoms with van der Waals surface area (Å²) in [5.74, 6) is -0.962. The van der Waals surface area contributed by atoms with Crippen LogP contribution in [0.2, 0.25) is 0 Å². The van der Waals surface area contributed by atoms with Crippen LogP contribution in [0.15, 0.2) is 0 Å². The highest BCUT2D eigenvalue weighted by molar-refractivity contribution is 5.75. The van der Waals surface area contributed by atoms with Gasteiger partial charge >= 0.3 is 12.0 Å². The van der Waals surface area contributed by atoms with Gasteiger partial charge in [-0.2, -0.15) is 0 Å². The Morgan fingerprint density at radius 3 is 2.71 bits per heavy atom. The van der Waals surface area contributed by atoms with Crippen LogP contribution in [0.25, 0.3) is 0 Å². The first kappa shape index (κ1) is 16.0. The van der Waals surface area contributed by atoms with Crippen LogP contribution in [-0.2, 0) is 14.3 Å². The van der Waals surface area contributed by atoms with E-state index in [2.05, 4.69) is 5.32 Å². The summed E-state index contributed by atoms with van der Waals surface area (Å²) < 4.78 is 10.7. The van der Waals surface area contributed by atoms with Crippen molar-refractivity contribution in [2.45, 2.75) is 44.1 Å². The average Bonchev–Trinajstić information content (AvgIpc) is 2.94. The fourth-order valence-electron chi connectivity index (χ4n) is 2.55. The first-order valence-electron chi connectivity index (χ1n) is 7.16. The van der Waals surface area contributed by atoms with Gasteiger partial charge in [0.2, 0.25) is 0 Å². The maximum Gasteiger partial charge on any atom is 0.332 e. The summed E-state index contributed by atoms with van der Waals surface area (Å²) in [4.78, 5) is 24.6. The fraction of sp³-hybridized carbons (Fsp3) is 0.846. The van der Waals surface area contributed by atoms with Crippen LogP contribution in [0.5, 0.6) is 0 Å². The zero-order chi connectivity index (χ0) is 15.4. The highest BCUT2D eigenvalue weighted by Crippen LogP contribution is 2.19. The number of hydrogen-bond donors (Lipinski definition) is 3. The summed E-state index contributed by atoms with van der Waals surface area (Å²) in [6.07, 6.45) is -0.301. The van der Waals surface area contributed by atoms with Gasteiger partial charge in [-0.25, -0.2) is 9.59 Å². The number of carboxylic acid groups (broad SMARTS) is 1. The van der Waals surface area contributed by atoms with Gasteiger partial charge in [0, 0.05) is 6.54 Å². The van der Waals surface area contributed by atoms with Crippen molar-refractivity contribution in [3.8, 4) is 0 Å². The molecule has 8 heteroatoms. The number of nitrogens with one attached hydrogen (secondary N) is 1. The summed E-state index contributed by atoms with van der Waals surface area (Å²) in [6, 6.07) is -0.310. The summed E-state index contributed by atoms with van der Waals surface area (Å²) >= 11 is 0. The lowest BCUT2D eigenvalue weighted by molar-refractivity contribution is -0.149. The first-order chi connectivity index (χ1) is 10.0. The van der Waals surface area contributed by atoms with E-state index in [1.165, 1.54) is 0 Å². The van der Waals surface area contributed by atoms with Gasteiger partial charge in [-0.3, -0.25) is 0 Å². The maximum absolute atomic E-state index is 12.1. The maximum atomic E-state index is 12.1. The van der Waals surface area contributed by atoms with Gasteiger partial charge in [-0.1, -0.05) is 0 Å². The number of rotatable bonds is 4. The van der Waals surface area contributed by atoms with Gasteiger partial charge in [0.05, 0.1) is 38.0 Å². The minimum Gasteiger partial charge on any atom is -0.479 e. The largest absolute Gasteiger partial charge is 0.479 e. The molecule has 0 aromatic rings. The SMILES string of the molecule is CC1COC(CO)CN1C(=O)NCC1CCC(C(=O)O)O1. The molecule has 2 saturated heterocycles. The van der Waals surface area contributed by atoms with Crippen molar-refractivity contribution in [2.75, 3.05) is 26.3 Å². The van der Waals surface area contributed by atoms with Crippen LogP contribution in [0, 0.1) is 0 Å². The molecular formula is C13H22N2O6. The van der Waals surface area contributed by atoms with Crippen molar-refractivity contribution >= 4 is 12.0 Å². The number of aliphatic hydroxyl groups is 1. The predicted octanol–water partition coefficient (Wildman–Crippen LogP) is -0.590. The van der Waals surface area contributed by atoms with Gasteiger partial charge in [0.1, 0.15) is 0 Å². The Balaban J connectivity index is 1.77. The molecule has 0 saturated carbocycles. The van der Waals surface area contributed by atoms with Crippen LogP contribution in [0.1, 0.15) is 19.8 Å². The van der Waals surface area contributed by atoms with Crippen LogP contribution in [-0.4, -0.2) is 77.8 Å². The van der Waals surface area contributed by atoms with E-state index in [-0.39, 0.29) is 37.4 Å². The van der Waals surface area contributed by atoms with Gasteiger partial charge in [-0.05, 0) is 19.8 Å². The number of aliphatic hydroxyl groups excluding tert-OH is 1. The van der Waals surface area contributed by atoms with E-state index in [0.717, 1.165) is 0 Å². The van der Waals surface area contributed by atoms with E-state index in [0.29, 0.717) is 26.0 Å². The molecule has 2 rings (SSSR count). The monoisotopic (exact) mass is 302 g/mol. The molecule has 0 aromatic heterocycles. The summed E-state index contributed by atoms with van der Waals surface area (Å²) in [5.41, 5.74) is 0. The number of amides is 2. The smallest absolute Gasteiger partial charge is 0.332 e. The van der Waals surface area contributed by atoms with E-state index >= 15 is 0 Å². The molecule has 2 amide bonds. The first-order valence-corrected chi connectivity index (χ1v) is 7.16. The molecule has 120 valence electrons. The topological polar surface area (TPSA) is 108 Å². The molecule has 2 heterocycles. The Labute approximate surface area is 123 Å². The normalized spacial score (nSPS) is 33.0.